The van der Waals surface area contributed by atoms with Crippen LogP contribution in [0.2, 0.25) is 18.1 Å². The van der Waals surface area contributed by atoms with Crippen LogP contribution < -0.4 is 0 Å². The lowest BCUT2D eigenvalue weighted by Crippen LogP contribution is -2.42. The molecule has 0 bridgehead atoms. The van der Waals surface area contributed by atoms with Crippen molar-refractivity contribution in [1.29, 1.82) is 0 Å². The number of epoxide rings is 1. The summed E-state index contributed by atoms with van der Waals surface area (Å²) in [6, 6.07) is 0. The minimum absolute atomic E-state index is 0.281. The van der Waals surface area contributed by atoms with E-state index in [1.165, 1.54) is 0 Å². The minimum atomic E-state index is -1.61. The molecule has 0 aromatic carbocycles. The fourth-order valence-electron chi connectivity index (χ4n) is 1.15. The largest absolute Gasteiger partial charge is 0.416 e. The summed E-state index contributed by atoms with van der Waals surface area (Å²) in [5.74, 6) is 0.374. The molecule has 2 nitrogen and oxygen atoms in total. The quantitative estimate of drug-likeness (QED) is 0.409. The molecule has 0 aromatic heterocycles. The third kappa shape index (κ3) is 3.43. The van der Waals surface area contributed by atoms with Crippen molar-refractivity contribution in [3.63, 3.8) is 0 Å². The SMILES string of the molecule is C=C[C@@H](CO[Si](C)(C)C(C)(C)C)[C@H]1CO1. The van der Waals surface area contributed by atoms with E-state index in [1.54, 1.807) is 0 Å². The number of hydrogen-bond donors (Lipinski definition) is 0. The molecular weight excluding hydrogens is 204 g/mol. The highest BCUT2D eigenvalue weighted by atomic mass is 28.4. The van der Waals surface area contributed by atoms with Crippen molar-refractivity contribution in [1.82, 2.24) is 0 Å². The predicted octanol–water partition coefficient (Wildman–Crippen LogP) is 3.21. The lowest BCUT2D eigenvalue weighted by molar-refractivity contribution is 0.223. The first-order chi connectivity index (χ1) is 6.78. The number of rotatable bonds is 5. The van der Waals surface area contributed by atoms with E-state index in [4.69, 9.17) is 9.16 Å². The fourth-order valence-corrected chi connectivity index (χ4v) is 2.19. The van der Waals surface area contributed by atoms with Crippen LogP contribution in [-0.2, 0) is 9.16 Å². The average molecular weight is 228 g/mol. The molecule has 0 saturated carbocycles. The second-order valence-corrected chi connectivity index (χ2v) is 10.7. The van der Waals surface area contributed by atoms with Gasteiger partial charge in [-0.1, -0.05) is 26.8 Å². The summed E-state index contributed by atoms with van der Waals surface area (Å²) in [5.41, 5.74) is 0. The van der Waals surface area contributed by atoms with Crippen molar-refractivity contribution in [3.8, 4) is 0 Å². The highest BCUT2D eigenvalue weighted by Crippen LogP contribution is 2.37. The van der Waals surface area contributed by atoms with E-state index >= 15 is 0 Å². The second-order valence-electron chi connectivity index (χ2n) is 5.84. The van der Waals surface area contributed by atoms with Gasteiger partial charge in [-0.25, -0.2) is 0 Å². The monoisotopic (exact) mass is 228 g/mol. The van der Waals surface area contributed by atoms with Gasteiger partial charge >= 0.3 is 0 Å². The molecule has 2 atom stereocenters. The van der Waals surface area contributed by atoms with E-state index in [1.807, 2.05) is 6.08 Å². The van der Waals surface area contributed by atoms with Crippen LogP contribution in [0, 0.1) is 5.92 Å². The third-order valence-corrected chi connectivity index (χ3v) is 8.08. The Morgan fingerprint density at radius 3 is 2.40 bits per heavy atom. The lowest BCUT2D eigenvalue weighted by atomic mass is 10.1. The highest BCUT2D eigenvalue weighted by Gasteiger charge is 2.39. The molecule has 0 unspecified atom stereocenters. The van der Waals surface area contributed by atoms with Gasteiger partial charge in [0.1, 0.15) is 0 Å². The summed E-state index contributed by atoms with van der Waals surface area (Å²) < 4.78 is 11.4. The molecule has 1 aliphatic rings. The van der Waals surface area contributed by atoms with E-state index in [-0.39, 0.29) is 5.04 Å². The van der Waals surface area contributed by atoms with Crippen molar-refractivity contribution in [2.24, 2.45) is 5.92 Å². The van der Waals surface area contributed by atoms with Crippen LogP contribution in [0.1, 0.15) is 20.8 Å². The maximum Gasteiger partial charge on any atom is 0.192 e. The summed E-state index contributed by atoms with van der Waals surface area (Å²) >= 11 is 0. The Kier molecular flexibility index (Phi) is 3.79. The molecule has 3 heteroatoms. The van der Waals surface area contributed by atoms with Gasteiger partial charge in [-0.2, -0.15) is 0 Å². The standard InChI is InChI=1S/C12H24O2Si/c1-7-10(11-9-13-11)8-14-15(5,6)12(2,3)4/h7,10-11H,1,8-9H2,2-6H3/t10-,11+/m0/s1. The zero-order chi connectivity index (χ0) is 11.7. The Bertz CT molecular complexity index is 226. The maximum absolute atomic E-state index is 6.14. The van der Waals surface area contributed by atoms with E-state index < -0.39 is 8.32 Å². The van der Waals surface area contributed by atoms with Crippen LogP contribution in [0.3, 0.4) is 0 Å². The molecule has 88 valence electrons. The molecule has 0 spiro atoms. The zero-order valence-electron chi connectivity index (χ0n) is 10.7. The van der Waals surface area contributed by atoms with Crippen molar-refractivity contribution in [2.45, 2.75) is 45.0 Å². The molecule has 0 aliphatic carbocycles. The van der Waals surface area contributed by atoms with Crippen LogP contribution >= 0.6 is 0 Å². The van der Waals surface area contributed by atoms with Crippen LogP contribution in [0.15, 0.2) is 12.7 Å². The van der Waals surface area contributed by atoms with E-state index in [0.717, 1.165) is 13.2 Å². The second kappa shape index (κ2) is 4.40. The van der Waals surface area contributed by atoms with Crippen molar-refractivity contribution < 1.29 is 9.16 Å². The molecule has 1 aliphatic heterocycles. The summed E-state index contributed by atoms with van der Waals surface area (Å²) in [6.45, 7) is 16.8. The van der Waals surface area contributed by atoms with Gasteiger partial charge in [-0.05, 0) is 18.1 Å². The Morgan fingerprint density at radius 2 is 2.07 bits per heavy atom. The van der Waals surface area contributed by atoms with Gasteiger partial charge in [0.05, 0.1) is 12.7 Å². The summed E-state index contributed by atoms with van der Waals surface area (Å²) in [4.78, 5) is 0. The Hall–Kier alpha value is -0.123. The van der Waals surface area contributed by atoms with Crippen molar-refractivity contribution >= 4 is 8.32 Å². The molecule has 1 heterocycles. The van der Waals surface area contributed by atoms with E-state index in [2.05, 4.69) is 40.4 Å². The van der Waals surface area contributed by atoms with Crippen molar-refractivity contribution in [3.05, 3.63) is 12.7 Å². The normalized spacial score (nSPS) is 23.7. The van der Waals surface area contributed by atoms with E-state index in [0.29, 0.717) is 12.0 Å². The van der Waals surface area contributed by atoms with Crippen molar-refractivity contribution in [2.75, 3.05) is 13.2 Å². The van der Waals surface area contributed by atoms with Gasteiger partial charge in [-0.15, -0.1) is 6.58 Å². The Morgan fingerprint density at radius 1 is 1.53 bits per heavy atom. The molecule has 1 rings (SSSR count). The molecule has 0 amide bonds. The molecule has 1 saturated heterocycles. The van der Waals surface area contributed by atoms with Gasteiger partial charge in [0.2, 0.25) is 0 Å². The van der Waals surface area contributed by atoms with Crippen LogP contribution in [-0.4, -0.2) is 27.6 Å². The first kappa shape index (κ1) is 12.9. The average Bonchev–Trinajstić information content (AvgIpc) is 2.87. The summed E-state index contributed by atoms with van der Waals surface area (Å²) in [7, 11) is -1.61. The topological polar surface area (TPSA) is 21.8 Å². The highest BCUT2D eigenvalue weighted by molar-refractivity contribution is 6.74. The van der Waals surface area contributed by atoms with Gasteiger partial charge in [0.15, 0.2) is 8.32 Å². The Labute approximate surface area is 94.8 Å². The number of ether oxygens (including phenoxy) is 1. The molecular formula is C12H24O2Si. The van der Waals surface area contributed by atoms with Crippen LogP contribution in [0.5, 0.6) is 0 Å². The Balaban J connectivity index is 2.43. The first-order valence-corrected chi connectivity index (χ1v) is 8.57. The first-order valence-electron chi connectivity index (χ1n) is 5.66. The molecule has 0 radical (unpaired) electrons. The lowest BCUT2D eigenvalue weighted by Gasteiger charge is -2.36. The maximum atomic E-state index is 6.14. The third-order valence-electron chi connectivity index (χ3n) is 3.58. The number of hydrogen-bond acceptors (Lipinski definition) is 2. The van der Waals surface area contributed by atoms with Crippen LogP contribution in [0.4, 0.5) is 0 Å². The molecule has 0 aromatic rings. The summed E-state index contributed by atoms with van der Waals surface area (Å²) in [6.07, 6.45) is 2.33. The van der Waals surface area contributed by atoms with Crippen LogP contribution in [0.25, 0.3) is 0 Å². The van der Waals surface area contributed by atoms with Gasteiger partial charge in [0.25, 0.3) is 0 Å². The molecule has 15 heavy (non-hydrogen) atoms. The summed E-state index contributed by atoms with van der Waals surface area (Å²) in [5, 5.41) is 0.281. The minimum Gasteiger partial charge on any atom is -0.416 e. The smallest absolute Gasteiger partial charge is 0.192 e. The molecule has 0 N–H and O–H groups in total. The van der Waals surface area contributed by atoms with Gasteiger partial charge in [0, 0.05) is 12.5 Å². The predicted molar refractivity (Wildman–Crippen MR) is 66.6 cm³/mol. The zero-order valence-corrected chi connectivity index (χ0v) is 11.7. The van der Waals surface area contributed by atoms with E-state index in [9.17, 15) is 0 Å². The molecule has 1 fully saturated rings. The van der Waals surface area contributed by atoms with Gasteiger partial charge < -0.3 is 9.16 Å². The fraction of sp³-hybridized carbons (Fsp3) is 0.833. The van der Waals surface area contributed by atoms with Gasteiger partial charge in [-0.3, -0.25) is 0 Å².